The normalized spacial score (nSPS) is 46.0. The van der Waals surface area contributed by atoms with Crippen LogP contribution in [0.2, 0.25) is 0 Å². The van der Waals surface area contributed by atoms with Crippen molar-refractivity contribution in [2.75, 3.05) is 0 Å². The molecule has 3 heteroatoms. The van der Waals surface area contributed by atoms with Gasteiger partial charge in [-0.2, -0.15) is 0 Å². The molecule has 0 heterocycles. The van der Waals surface area contributed by atoms with E-state index in [1.165, 1.54) is 6.92 Å². The molecule has 0 N–H and O–H groups in total. The smallest absolute Gasteiger partial charge is 0.302 e. The van der Waals surface area contributed by atoms with Crippen LogP contribution in [0.5, 0.6) is 0 Å². The number of hydrogen-bond acceptors (Lipinski definition) is 3. The summed E-state index contributed by atoms with van der Waals surface area (Å²) in [4.78, 5) is 23.2. The molecule has 4 aliphatic rings. The number of hydrogen-bond donors (Lipinski definition) is 0. The van der Waals surface area contributed by atoms with E-state index in [0.29, 0.717) is 17.8 Å². The molecule has 2 saturated carbocycles. The second-order valence-electron chi connectivity index (χ2n) is 8.49. The van der Waals surface area contributed by atoms with E-state index in [2.05, 4.69) is 32.1 Å². The average molecular weight is 326 g/mol. The fraction of sp³-hybridized carbons (Fsp3) is 0.619. The molecule has 0 bridgehead atoms. The van der Waals surface area contributed by atoms with Crippen LogP contribution in [0, 0.1) is 28.6 Å². The van der Waals surface area contributed by atoms with Crippen molar-refractivity contribution in [2.45, 2.75) is 52.6 Å². The van der Waals surface area contributed by atoms with Gasteiger partial charge in [-0.15, -0.1) is 0 Å². The van der Waals surface area contributed by atoms with Crippen LogP contribution in [-0.4, -0.2) is 17.9 Å². The van der Waals surface area contributed by atoms with Gasteiger partial charge in [-0.25, -0.2) is 0 Å². The van der Waals surface area contributed by atoms with Crippen LogP contribution in [-0.2, 0) is 14.3 Å². The number of ketones is 1. The van der Waals surface area contributed by atoms with Gasteiger partial charge in [-0.1, -0.05) is 32.1 Å². The number of fused-ring (bicyclic) bond motifs is 5. The van der Waals surface area contributed by atoms with Crippen molar-refractivity contribution in [1.82, 2.24) is 0 Å². The Bertz CT molecular complexity index is 685. The van der Waals surface area contributed by atoms with Gasteiger partial charge in [0.05, 0.1) is 0 Å². The van der Waals surface area contributed by atoms with Crippen molar-refractivity contribution >= 4 is 11.8 Å². The minimum atomic E-state index is -0.158. The SMILES string of the molecule is CC(=O)O[C@H]1CC[C@H]2[C@@H]3C=CC4=CC(=O)C=C[C@]4(C)[C@H]3CC[C@]12C. The molecular formula is C21H26O3. The van der Waals surface area contributed by atoms with Crippen LogP contribution in [0.1, 0.15) is 46.5 Å². The lowest BCUT2D eigenvalue weighted by atomic mass is 9.50. The van der Waals surface area contributed by atoms with Gasteiger partial charge in [-0.3, -0.25) is 9.59 Å². The lowest BCUT2D eigenvalue weighted by Gasteiger charge is -2.54. The molecule has 0 aromatic rings. The van der Waals surface area contributed by atoms with E-state index in [-0.39, 0.29) is 28.7 Å². The largest absolute Gasteiger partial charge is 0.462 e. The molecule has 0 unspecified atom stereocenters. The van der Waals surface area contributed by atoms with Crippen LogP contribution in [0.15, 0.2) is 36.0 Å². The zero-order chi connectivity index (χ0) is 17.1. The van der Waals surface area contributed by atoms with Gasteiger partial charge in [0.2, 0.25) is 0 Å². The number of ether oxygens (including phenoxy) is 1. The Balaban J connectivity index is 1.68. The maximum Gasteiger partial charge on any atom is 0.302 e. The number of allylic oxidation sites excluding steroid dienone is 6. The Morgan fingerprint density at radius 1 is 1.17 bits per heavy atom. The highest BCUT2D eigenvalue weighted by molar-refractivity contribution is 6.01. The summed E-state index contributed by atoms with van der Waals surface area (Å²) < 4.78 is 5.68. The summed E-state index contributed by atoms with van der Waals surface area (Å²) in [5, 5.41) is 0. The van der Waals surface area contributed by atoms with Crippen molar-refractivity contribution in [3.63, 3.8) is 0 Å². The van der Waals surface area contributed by atoms with Crippen molar-refractivity contribution in [3.8, 4) is 0 Å². The summed E-state index contributed by atoms with van der Waals surface area (Å²) in [6, 6.07) is 0. The first-order valence-electron chi connectivity index (χ1n) is 9.15. The van der Waals surface area contributed by atoms with Crippen molar-refractivity contribution < 1.29 is 14.3 Å². The molecule has 0 aliphatic heterocycles. The first kappa shape index (κ1) is 15.9. The summed E-state index contributed by atoms with van der Waals surface area (Å²) in [6.45, 7) is 6.12. The quantitative estimate of drug-likeness (QED) is 0.684. The molecule has 4 rings (SSSR count). The maximum absolute atomic E-state index is 11.8. The average Bonchev–Trinajstić information content (AvgIpc) is 2.84. The molecule has 0 aromatic carbocycles. The standard InChI is InChI=1S/C21H26O3/c1-13(22)24-19-7-6-17-16-5-4-14-12-15(23)8-10-20(14,2)18(16)9-11-21(17,19)3/h4-5,8,10,12,16-19H,6-7,9,11H2,1-3H3/t16-,17-,18-,19-,20-,21-/m0/s1. The minimum Gasteiger partial charge on any atom is -0.462 e. The van der Waals surface area contributed by atoms with Crippen LogP contribution in [0.3, 0.4) is 0 Å². The predicted octanol–water partition coefficient (Wildman–Crippen LogP) is 4.00. The fourth-order valence-electron chi connectivity index (χ4n) is 6.00. The van der Waals surface area contributed by atoms with Gasteiger partial charge in [0.15, 0.2) is 5.78 Å². The topological polar surface area (TPSA) is 43.4 Å². The zero-order valence-corrected chi connectivity index (χ0v) is 14.7. The summed E-state index contributed by atoms with van der Waals surface area (Å²) >= 11 is 0. The molecule has 0 amide bonds. The highest BCUT2D eigenvalue weighted by Gasteiger charge is 2.58. The van der Waals surface area contributed by atoms with Crippen LogP contribution >= 0.6 is 0 Å². The Morgan fingerprint density at radius 2 is 1.96 bits per heavy atom. The summed E-state index contributed by atoms with van der Waals surface area (Å²) in [6.07, 6.45) is 14.6. The molecule has 24 heavy (non-hydrogen) atoms. The zero-order valence-electron chi connectivity index (χ0n) is 14.7. The molecule has 0 spiro atoms. The number of rotatable bonds is 1. The van der Waals surface area contributed by atoms with E-state index in [1.807, 2.05) is 0 Å². The summed E-state index contributed by atoms with van der Waals surface area (Å²) in [7, 11) is 0. The van der Waals surface area contributed by atoms with E-state index in [1.54, 1.807) is 12.2 Å². The Labute approximate surface area is 143 Å². The third-order valence-electron chi connectivity index (χ3n) is 7.34. The molecule has 6 atom stereocenters. The van der Waals surface area contributed by atoms with Gasteiger partial charge in [0, 0.05) is 17.8 Å². The number of esters is 1. The molecule has 3 nitrogen and oxygen atoms in total. The van der Waals surface area contributed by atoms with E-state index in [0.717, 1.165) is 31.3 Å². The molecule has 128 valence electrons. The summed E-state index contributed by atoms with van der Waals surface area (Å²) in [5.74, 6) is 1.54. The molecular weight excluding hydrogens is 300 g/mol. The molecule has 0 saturated heterocycles. The van der Waals surface area contributed by atoms with E-state index >= 15 is 0 Å². The van der Waals surface area contributed by atoms with Crippen molar-refractivity contribution in [1.29, 1.82) is 0 Å². The molecule has 2 fully saturated rings. The summed E-state index contributed by atoms with van der Waals surface area (Å²) in [5.41, 5.74) is 1.21. The lowest BCUT2D eigenvalue weighted by molar-refractivity contribution is -0.155. The van der Waals surface area contributed by atoms with Crippen molar-refractivity contribution in [3.05, 3.63) is 36.0 Å². The van der Waals surface area contributed by atoms with E-state index in [4.69, 9.17) is 4.74 Å². The second-order valence-corrected chi connectivity index (χ2v) is 8.49. The molecule has 4 aliphatic carbocycles. The highest BCUT2D eigenvalue weighted by Crippen LogP contribution is 2.63. The monoisotopic (exact) mass is 326 g/mol. The number of carbonyl (C=O) groups excluding carboxylic acids is 2. The third kappa shape index (κ3) is 2.09. The van der Waals surface area contributed by atoms with Gasteiger partial charge in [0.25, 0.3) is 0 Å². The van der Waals surface area contributed by atoms with Crippen LogP contribution in [0.4, 0.5) is 0 Å². The first-order valence-corrected chi connectivity index (χ1v) is 9.15. The lowest BCUT2D eigenvalue weighted by Crippen LogP contribution is -2.49. The van der Waals surface area contributed by atoms with Crippen molar-refractivity contribution in [2.24, 2.45) is 28.6 Å². The Morgan fingerprint density at radius 3 is 2.71 bits per heavy atom. The Kier molecular flexibility index (Phi) is 3.42. The van der Waals surface area contributed by atoms with Crippen LogP contribution in [0.25, 0.3) is 0 Å². The third-order valence-corrected chi connectivity index (χ3v) is 7.34. The first-order chi connectivity index (χ1) is 11.3. The predicted molar refractivity (Wildman–Crippen MR) is 92.1 cm³/mol. The van der Waals surface area contributed by atoms with Gasteiger partial charge in [0.1, 0.15) is 6.10 Å². The second kappa shape index (κ2) is 5.18. The van der Waals surface area contributed by atoms with Gasteiger partial charge < -0.3 is 4.74 Å². The van der Waals surface area contributed by atoms with Crippen LogP contribution < -0.4 is 0 Å². The molecule has 0 radical (unpaired) electrons. The minimum absolute atomic E-state index is 0.0336. The molecule has 0 aromatic heterocycles. The van der Waals surface area contributed by atoms with E-state index in [9.17, 15) is 9.59 Å². The van der Waals surface area contributed by atoms with E-state index < -0.39 is 0 Å². The van der Waals surface area contributed by atoms with Gasteiger partial charge in [-0.05, 0) is 61.2 Å². The maximum atomic E-state index is 11.8. The fourth-order valence-corrected chi connectivity index (χ4v) is 6.00. The van der Waals surface area contributed by atoms with Gasteiger partial charge >= 0.3 is 5.97 Å². The number of carbonyl (C=O) groups is 2. The Hall–Kier alpha value is -1.64. The highest BCUT2D eigenvalue weighted by atomic mass is 16.5.